The number of aromatic nitrogens is 7. The molecule has 3 aliphatic heterocycles. The average molecular weight is 918 g/mol. The number of imidazole rings is 1. The third kappa shape index (κ3) is 6.34. The molecule has 1 saturated heterocycles. The third-order valence-corrected chi connectivity index (χ3v) is 16.2. The number of carbonyl (C=O) groups excluding carboxylic acids is 1. The summed E-state index contributed by atoms with van der Waals surface area (Å²) in [5, 5.41) is 10.1. The van der Waals surface area contributed by atoms with E-state index in [2.05, 4.69) is 53.5 Å². The summed E-state index contributed by atoms with van der Waals surface area (Å²) in [5.74, 6) is -1.17. The quantitative estimate of drug-likeness (QED) is 0.171. The third-order valence-electron chi connectivity index (χ3n) is 14.4. The first-order valence-electron chi connectivity index (χ1n) is 22.2. The lowest BCUT2D eigenvalue weighted by Crippen LogP contribution is -2.41. The maximum atomic E-state index is 15.9. The first kappa shape index (κ1) is 42.2. The van der Waals surface area contributed by atoms with Crippen molar-refractivity contribution in [1.29, 1.82) is 0 Å². The van der Waals surface area contributed by atoms with Crippen molar-refractivity contribution in [2.24, 2.45) is 10.3 Å². The number of H-pyrrole nitrogens is 1. The second-order valence-electron chi connectivity index (χ2n) is 19.2. The molecule has 7 aromatic rings. The minimum atomic E-state index is -2.76. The number of hydrogen-bond donors (Lipinski definition) is 1. The van der Waals surface area contributed by atoms with Crippen molar-refractivity contribution in [1.82, 2.24) is 38.5 Å². The number of rotatable bonds is 7. The van der Waals surface area contributed by atoms with Gasteiger partial charge in [0.05, 0.1) is 49.9 Å². The summed E-state index contributed by atoms with van der Waals surface area (Å²) in [7, 11) is -2.76. The molecule has 2 fully saturated rings. The van der Waals surface area contributed by atoms with Crippen LogP contribution in [0.4, 0.5) is 8.78 Å². The minimum absolute atomic E-state index is 0.0129. The number of aromatic amines is 1. The molecule has 0 unspecified atom stereocenters. The fourth-order valence-electron chi connectivity index (χ4n) is 10.9. The first-order valence-corrected chi connectivity index (χ1v) is 24.2. The molecule has 4 aliphatic rings. The lowest BCUT2D eigenvalue weighted by Gasteiger charge is -2.35. The maximum absolute atomic E-state index is 15.9. The Morgan fingerprint density at radius 3 is 2.42 bits per heavy atom. The number of benzene rings is 3. The largest absolute Gasteiger partial charge is 0.438 e. The number of hydrogen-bond acceptors (Lipinski definition) is 9. The van der Waals surface area contributed by atoms with E-state index in [4.69, 9.17) is 14.4 Å². The van der Waals surface area contributed by atoms with Crippen LogP contribution in [0.5, 0.6) is 0 Å². The van der Waals surface area contributed by atoms with Gasteiger partial charge in [0.15, 0.2) is 5.82 Å². The number of nitrogens with one attached hydrogen (secondary N) is 1. The summed E-state index contributed by atoms with van der Waals surface area (Å²) < 4.78 is 65.5. The topological polar surface area (TPSA) is 168 Å². The Morgan fingerprint density at radius 1 is 0.985 bits per heavy atom. The van der Waals surface area contributed by atoms with E-state index in [1.807, 2.05) is 17.6 Å². The molecule has 4 aromatic heterocycles. The van der Waals surface area contributed by atoms with E-state index in [1.165, 1.54) is 39.9 Å². The molecule has 66 heavy (non-hydrogen) atoms. The summed E-state index contributed by atoms with van der Waals surface area (Å²) in [4.78, 5) is 47.6. The van der Waals surface area contributed by atoms with Crippen molar-refractivity contribution in [3.63, 3.8) is 0 Å². The molecule has 1 aliphatic carbocycles. The van der Waals surface area contributed by atoms with Gasteiger partial charge in [-0.1, -0.05) is 18.1 Å². The van der Waals surface area contributed by atoms with E-state index in [0.717, 1.165) is 29.3 Å². The van der Waals surface area contributed by atoms with E-state index in [9.17, 15) is 13.8 Å². The Labute approximate surface area is 378 Å². The van der Waals surface area contributed by atoms with E-state index in [0.29, 0.717) is 75.3 Å². The number of carbonyl (C=O) groups is 1. The molecule has 7 heterocycles. The van der Waals surface area contributed by atoms with E-state index < -0.39 is 38.6 Å². The van der Waals surface area contributed by atoms with E-state index >= 15 is 13.6 Å². The molecule has 0 bridgehead atoms. The van der Waals surface area contributed by atoms with Crippen LogP contribution in [0.25, 0.3) is 28.1 Å². The number of halogens is 2. The predicted molar refractivity (Wildman–Crippen MR) is 241 cm³/mol. The van der Waals surface area contributed by atoms with Gasteiger partial charge in [-0.2, -0.15) is 5.10 Å². The van der Waals surface area contributed by atoms with E-state index in [1.54, 1.807) is 35.6 Å². The van der Waals surface area contributed by atoms with Crippen LogP contribution in [0, 0.1) is 31.4 Å². The number of ether oxygens (including phenoxy) is 1. The zero-order chi connectivity index (χ0) is 46.4. The van der Waals surface area contributed by atoms with Crippen molar-refractivity contribution in [3.8, 4) is 17.2 Å². The second-order valence-corrected chi connectivity index (χ2v) is 21.5. The van der Waals surface area contributed by atoms with Crippen molar-refractivity contribution in [2.75, 3.05) is 19.4 Å². The monoisotopic (exact) mass is 917 g/mol. The Morgan fingerprint density at radius 2 is 1.73 bits per heavy atom. The van der Waals surface area contributed by atoms with Gasteiger partial charge in [-0.25, -0.2) is 31.6 Å². The van der Waals surface area contributed by atoms with Crippen LogP contribution in [0.1, 0.15) is 109 Å². The second kappa shape index (κ2) is 14.5. The number of aryl methyl sites for hydroxylation is 2. The summed E-state index contributed by atoms with van der Waals surface area (Å²) in [5.41, 5.74) is 3.63. The van der Waals surface area contributed by atoms with Gasteiger partial charge in [-0.3, -0.25) is 23.4 Å². The van der Waals surface area contributed by atoms with Gasteiger partial charge in [0, 0.05) is 54.7 Å². The SMILES string of the molecule is Cc1cc(-n2nc3c(c2-n2ccn(-c4cc5c(cc4F)[S@@](C)(=O)=NC5)c2=O)[C@H](C)N(C(=O)c2cc4cc([C@H]5CCOC(C)(C)C5)ccc4n2[C@@]2(c4noc(=O)[nH]4)C[C@@H]2C)CC3)cc(C)c1F. The Hall–Kier alpha value is -6.40. The lowest BCUT2D eigenvalue weighted by molar-refractivity contribution is -0.0592. The van der Waals surface area contributed by atoms with Crippen LogP contribution in [0.15, 0.2) is 84.3 Å². The zero-order valence-corrected chi connectivity index (χ0v) is 38.5. The standard InChI is InChI=1S/C48H49F2N9O6S/c1-25-16-33(17-26(2)41(25)50)59-42(57-14-13-56(46(57)62)37-20-32-24-51-66(7,63)39(32)21-34(37)49)40-28(4)55(12-10-35(40)53-59)43(60)38-19-31-18-29(30-11-15-64-47(5,6)23-30)8-9-36(31)58(38)48(22-27(48)3)44-52-45(61)65-54-44/h8-9,13-14,16-21,27-28,30H,10-12,15,22-24H2,1-7H3,(H,52,54,61)/t27-,28-,30-,48-,66+/m0/s1. The molecule has 18 heteroatoms. The average Bonchev–Trinajstić information content (AvgIpc) is 3.86. The highest BCUT2D eigenvalue weighted by atomic mass is 32.2. The van der Waals surface area contributed by atoms with Crippen LogP contribution >= 0.6 is 0 Å². The normalized spacial score (nSPS) is 24.4. The smallest absolute Gasteiger partial charge is 0.376 e. The van der Waals surface area contributed by atoms with Gasteiger partial charge in [0.1, 0.15) is 28.7 Å². The van der Waals surface area contributed by atoms with Crippen LogP contribution in [-0.4, -0.2) is 73.6 Å². The molecule has 15 nitrogen and oxygen atoms in total. The molecule has 1 amide bonds. The lowest BCUT2D eigenvalue weighted by atomic mass is 9.83. The van der Waals surface area contributed by atoms with Gasteiger partial charge in [0.2, 0.25) is 0 Å². The van der Waals surface area contributed by atoms with Crippen molar-refractivity contribution in [2.45, 2.75) is 102 Å². The maximum Gasteiger partial charge on any atom is 0.438 e. The van der Waals surface area contributed by atoms with Crippen LogP contribution < -0.4 is 11.4 Å². The highest BCUT2D eigenvalue weighted by Crippen LogP contribution is 2.56. The fraction of sp³-hybridized carbons (Fsp3) is 0.396. The summed E-state index contributed by atoms with van der Waals surface area (Å²) in [6.07, 6.45) is 7.09. The van der Waals surface area contributed by atoms with Gasteiger partial charge in [-0.15, -0.1) is 0 Å². The molecule has 1 saturated carbocycles. The zero-order valence-electron chi connectivity index (χ0n) is 37.6. The number of amides is 1. The van der Waals surface area contributed by atoms with Crippen LogP contribution in [-0.2, 0) is 33.0 Å². The van der Waals surface area contributed by atoms with Crippen molar-refractivity contribution >= 4 is 26.5 Å². The highest BCUT2D eigenvalue weighted by molar-refractivity contribution is 7.93. The molecular weight excluding hydrogens is 869 g/mol. The Bertz CT molecular complexity index is 3450. The molecule has 0 radical (unpaired) electrons. The van der Waals surface area contributed by atoms with Crippen LogP contribution in [0.2, 0.25) is 0 Å². The van der Waals surface area contributed by atoms with Gasteiger partial charge < -0.3 is 14.2 Å². The summed E-state index contributed by atoms with van der Waals surface area (Å²) in [6, 6.07) is 13.6. The Balaban J connectivity index is 1.05. The minimum Gasteiger partial charge on any atom is -0.376 e. The predicted octanol–water partition coefficient (Wildman–Crippen LogP) is 7.53. The molecule has 11 rings (SSSR count). The number of fused-ring (bicyclic) bond motifs is 3. The van der Waals surface area contributed by atoms with Crippen LogP contribution in [0.3, 0.4) is 0 Å². The molecular formula is C48H49F2N9O6S. The van der Waals surface area contributed by atoms with Gasteiger partial charge in [-0.05, 0) is 130 Å². The van der Waals surface area contributed by atoms with Crippen molar-refractivity contribution in [3.05, 3.63) is 139 Å². The molecule has 342 valence electrons. The first-order chi connectivity index (χ1) is 31.4. The molecule has 0 spiro atoms. The van der Waals surface area contributed by atoms with Crippen molar-refractivity contribution < 1.29 is 27.0 Å². The fourth-order valence-corrected chi connectivity index (χ4v) is 12.4. The van der Waals surface area contributed by atoms with Gasteiger partial charge in [0.25, 0.3) is 5.91 Å². The van der Waals surface area contributed by atoms with E-state index in [-0.39, 0.29) is 47.9 Å². The number of nitrogens with zero attached hydrogens (tertiary/aromatic N) is 8. The summed E-state index contributed by atoms with van der Waals surface area (Å²) >= 11 is 0. The molecule has 5 atom stereocenters. The highest BCUT2D eigenvalue weighted by Gasteiger charge is 2.59. The molecule has 1 N–H and O–H groups in total. The molecule has 3 aromatic carbocycles. The summed E-state index contributed by atoms with van der Waals surface area (Å²) in [6.45, 7) is 12.5. The Kier molecular flexibility index (Phi) is 9.31. The van der Waals surface area contributed by atoms with Gasteiger partial charge >= 0.3 is 11.4 Å².